The Bertz CT molecular complexity index is 699. The third-order valence-corrected chi connectivity index (χ3v) is 3.81. The van der Waals surface area contributed by atoms with Crippen LogP contribution in [0.25, 0.3) is 0 Å². The second kappa shape index (κ2) is 6.45. The van der Waals surface area contributed by atoms with E-state index < -0.39 is 23.8 Å². The molecule has 0 bridgehead atoms. The molecule has 2 heterocycles. The van der Waals surface area contributed by atoms with E-state index in [0.717, 1.165) is 18.2 Å². The zero-order valence-corrected chi connectivity index (χ0v) is 12.6. The number of anilines is 1. The lowest BCUT2D eigenvalue weighted by molar-refractivity contribution is 0.194. The van der Waals surface area contributed by atoms with Crippen LogP contribution in [0.4, 0.5) is 14.6 Å². The number of nitrogens with zero attached hydrogens (tertiary/aromatic N) is 3. The lowest BCUT2D eigenvalue weighted by atomic mass is 10.0. The topological polar surface area (TPSA) is 58.5 Å². The molecule has 2 aromatic rings. The molecule has 1 aliphatic heterocycles. The third kappa shape index (κ3) is 3.24. The highest BCUT2D eigenvalue weighted by molar-refractivity contribution is 5.46. The van der Waals surface area contributed by atoms with Crippen molar-refractivity contribution < 1.29 is 18.6 Å². The van der Waals surface area contributed by atoms with Gasteiger partial charge < -0.3 is 14.7 Å². The van der Waals surface area contributed by atoms with Crippen molar-refractivity contribution in [2.24, 2.45) is 0 Å². The molecular formula is C16H17F2N3O2. The number of rotatable bonds is 4. The van der Waals surface area contributed by atoms with Crippen LogP contribution >= 0.6 is 0 Å². The number of halogens is 2. The Kier molecular flexibility index (Phi) is 4.38. The zero-order chi connectivity index (χ0) is 16.4. The van der Waals surface area contributed by atoms with Crippen LogP contribution in [-0.2, 0) is 0 Å². The molecule has 5 nitrogen and oxygen atoms in total. The van der Waals surface area contributed by atoms with E-state index in [4.69, 9.17) is 4.74 Å². The SMILES string of the molecule is CCOc1cc(N2C[C@H](O)C[C@@H]2c2cc(F)ccc2F)ncn1. The Hall–Kier alpha value is -2.28. The minimum Gasteiger partial charge on any atom is -0.478 e. The highest BCUT2D eigenvalue weighted by Crippen LogP contribution is 2.37. The van der Waals surface area contributed by atoms with Gasteiger partial charge in [-0.25, -0.2) is 18.7 Å². The van der Waals surface area contributed by atoms with E-state index in [1.54, 1.807) is 11.0 Å². The zero-order valence-electron chi connectivity index (χ0n) is 12.6. The maximum Gasteiger partial charge on any atom is 0.218 e. The van der Waals surface area contributed by atoms with Gasteiger partial charge >= 0.3 is 0 Å². The first-order valence-corrected chi connectivity index (χ1v) is 7.43. The van der Waals surface area contributed by atoms with Crippen LogP contribution < -0.4 is 9.64 Å². The van der Waals surface area contributed by atoms with Crippen molar-refractivity contribution in [3.63, 3.8) is 0 Å². The molecule has 122 valence electrons. The molecule has 23 heavy (non-hydrogen) atoms. The highest BCUT2D eigenvalue weighted by Gasteiger charge is 2.35. The van der Waals surface area contributed by atoms with Gasteiger partial charge in [-0.05, 0) is 31.5 Å². The van der Waals surface area contributed by atoms with Crippen molar-refractivity contribution in [3.05, 3.63) is 47.8 Å². The van der Waals surface area contributed by atoms with E-state index in [1.807, 2.05) is 6.92 Å². The average Bonchev–Trinajstić information content (AvgIpc) is 2.92. The summed E-state index contributed by atoms with van der Waals surface area (Å²) in [6.07, 6.45) is 1.01. The van der Waals surface area contributed by atoms with E-state index >= 15 is 0 Å². The fraction of sp³-hybridized carbons (Fsp3) is 0.375. The molecule has 1 aromatic carbocycles. The first-order valence-electron chi connectivity index (χ1n) is 7.43. The number of aliphatic hydroxyl groups excluding tert-OH is 1. The smallest absolute Gasteiger partial charge is 0.218 e. The Morgan fingerprint density at radius 1 is 1.30 bits per heavy atom. The van der Waals surface area contributed by atoms with Crippen molar-refractivity contribution in [2.75, 3.05) is 18.1 Å². The molecule has 1 aromatic heterocycles. The standard InChI is InChI=1S/C16H17F2N3O2/c1-2-23-16-7-15(19-9-20-16)21-8-11(22)6-14(21)12-5-10(17)3-4-13(12)18/h3-5,7,9,11,14,22H,2,6,8H2,1H3/t11-,14-/m1/s1. The molecule has 2 atom stereocenters. The molecule has 1 aliphatic rings. The number of hydrogen-bond donors (Lipinski definition) is 1. The summed E-state index contributed by atoms with van der Waals surface area (Å²) >= 11 is 0. The predicted molar refractivity (Wildman–Crippen MR) is 80.3 cm³/mol. The first-order chi connectivity index (χ1) is 11.1. The summed E-state index contributed by atoms with van der Waals surface area (Å²) in [5.41, 5.74) is 0.207. The minimum atomic E-state index is -0.645. The van der Waals surface area contributed by atoms with Gasteiger partial charge in [-0.15, -0.1) is 0 Å². The Labute approximate surface area is 132 Å². The van der Waals surface area contributed by atoms with E-state index in [0.29, 0.717) is 24.7 Å². The van der Waals surface area contributed by atoms with Crippen LogP contribution in [0.2, 0.25) is 0 Å². The lowest BCUT2D eigenvalue weighted by Gasteiger charge is -2.26. The summed E-state index contributed by atoms with van der Waals surface area (Å²) < 4.78 is 32.9. The van der Waals surface area contributed by atoms with Crippen LogP contribution in [-0.4, -0.2) is 34.3 Å². The Morgan fingerprint density at radius 3 is 2.91 bits per heavy atom. The number of benzene rings is 1. The quantitative estimate of drug-likeness (QED) is 0.937. The first kappa shape index (κ1) is 15.6. The maximum absolute atomic E-state index is 14.1. The highest BCUT2D eigenvalue weighted by atomic mass is 19.1. The maximum atomic E-state index is 14.1. The van der Waals surface area contributed by atoms with Crippen molar-refractivity contribution in [3.8, 4) is 5.88 Å². The van der Waals surface area contributed by atoms with Crippen LogP contribution in [0.5, 0.6) is 5.88 Å². The van der Waals surface area contributed by atoms with Crippen LogP contribution in [0.1, 0.15) is 24.9 Å². The molecule has 0 spiro atoms. The molecule has 0 radical (unpaired) electrons. The summed E-state index contributed by atoms with van der Waals surface area (Å²) in [5, 5.41) is 9.99. The van der Waals surface area contributed by atoms with E-state index in [2.05, 4.69) is 9.97 Å². The van der Waals surface area contributed by atoms with Gasteiger partial charge in [-0.1, -0.05) is 0 Å². The fourth-order valence-electron chi connectivity index (χ4n) is 2.85. The van der Waals surface area contributed by atoms with Gasteiger partial charge in [0, 0.05) is 18.2 Å². The monoisotopic (exact) mass is 321 g/mol. The molecule has 0 saturated carbocycles. The second-order valence-electron chi connectivity index (χ2n) is 5.37. The number of β-amino-alcohol motifs (C(OH)–C–C–N with tert-alkyl or cyclic N) is 1. The fourth-order valence-corrected chi connectivity index (χ4v) is 2.85. The Morgan fingerprint density at radius 2 is 2.13 bits per heavy atom. The number of ether oxygens (including phenoxy) is 1. The molecular weight excluding hydrogens is 304 g/mol. The summed E-state index contributed by atoms with van der Waals surface area (Å²) in [5.74, 6) is -0.110. The van der Waals surface area contributed by atoms with Crippen LogP contribution in [0.3, 0.4) is 0 Å². The summed E-state index contributed by atoms with van der Waals surface area (Å²) in [6, 6.07) is 4.47. The molecule has 1 saturated heterocycles. The number of aliphatic hydroxyl groups is 1. The van der Waals surface area contributed by atoms with E-state index in [-0.39, 0.29) is 12.1 Å². The van der Waals surface area contributed by atoms with Crippen LogP contribution in [0, 0.1) is 11.6 Å². The van der Waals surface area contributed by atoms with Gasteiger partial charge in [0.1, 0.15) is 23.8 Å². The largest absolute Gasteiger partial charge is 0.478 e. The summed E-state index contributed by atoms with van der Waals surface area (Å²) in [4.78, 5) is 9.91. The molecule has 0 amide bonds. The average molecular weight is 321 g/mol. The number of aromatic nitrogens is 2. The number of hydrogen-bond acceptors (Lipinski definition) is 5. The third-order valence-electron chi connectivity index (χ3n) is 3.81. The van der Waals surface area contributed by atoms with E-state index in [1.165, 1.54) is 6.33 Å². The second-order valence-corrected chi connectivity index (χ2v) is 5.37. The van der Waals surface area contributed by atoms with Crippen LogP contribution in [0.15, 0.2) is 30.6 Å². The van der Waals surface area contributed by atoms with Gasteiger partial charge in [-0.3, -0.25) is 0 Å². The molecule has 1 fully saturated rings. The van der Waals surface area contributed by atoms with Crippen molar-refractivity contribution in [1.29, 1.82) is 0 Å². The summed E-state index contributed by atoms with van der Waals surface area (Å²) in [6.45, 7) is 2.58. The van der Waals surface area contributed by atoms with E-state index in [9.17, 15) is 13.9 Å². The normalized spacial score (nSPS) is 20.8. The molecule has 7 heteroatoms. The molecule has 0 aliphatic carbocycles. The van der Waals surface area contributed by atoms with Crippen molar-refractivity contribution in [1.82, 2.24) is 9.97 Å². The molecule has 3 rings (SSSR count). The summed E-state index contributed by atoms with van der Waals surface area (Å²) in [7, 11) is 0. The van der Waals surface area contributed by atoms with Gasteiger partial charge in [0.05, 0.1) is 18.8 Å². The molecule has 1 N–H and O–H groups in total. The van der Waals surface area contributed by atoms with Gasteiger partial charge in [0.15, 0.2) is 0 Å². The van der Waals surface area contributed by atoms with Crippen molar-refractivity contribution >= 4 is 5.82 Å². The van der Waals surface area contributed by atoms with Gasteiger partial charge in [0.25, 0.3) is 0 Å². The lowest BCUT2D eigenvalue weighted by Crippen LogP contribution is -2.26. The van der Waals surface area contributed by atoms with Crippen molar-refractivity contribution in [2.45, 2.75) is 25.5 Å². The minimum absolute atomic E-state index is 0.207. The molecule has 0 unspecified atom stereocenters. The predicted octanol–water partition coefficient (Wildman–Crippen LogP) is 2.47. The Balaban J connectivity index is 1.96. The van der Waals surface area contributed by atoms with Gasteiger partial charge in [0.2, 0.25) is 5.88 Å². The van der Waals surface area contributed by atoms with Gasteiger partial charge in [-0.2, -0.15) is 0 Å².